The van der Waals surface area contributed by atoms with Crippen LogP contribution >= 0.6 is 0 Å². The lowest BCUT2D eigenvalue weighted by molar-refractivity contribution is 0.122. The van der Waals surface area contributed by atoms with Crippen LogP contribution < -0.4 is 10.3 Å². The molecule has 0 unspecified atom stereocenters. The monoisotopic (exact) mass is 384 g/mol. The van der Waals surface area contributed by atoms with Crippen LogP contribution in [-0.2, 0) is 4.74 Å². The Bertz CT molecular complexity index is 867. The van der Waals surface area contributed by atoms with Gasteiger partial charge < -0.3 is 14.7 Å². The Morgan fingerprint density at radius 1 is 1.39 bits per heavy atom. The number of anilines is 2. The van der Waals surface area contributed by atoms with Crippen LogP contribution in [0.25, 0.3) is 5.65 Å². The van der Waals surface area contributed by atoms with Crippen molar-refractivity contribution < 1.29 is 9.84 Å². The molecule has 1 saturated heterocycles. The van der Waals surface area contributed by atoms with Gasteiger partial charge in [-0.25, -0.2) is 4.98 Å². The highest BCUT2D eigenvalue weighted by Crippen LogP contribution is 2.26. The molecule has 8 nitrogen and oxygen atoms in total. The van der Waals surface area contributed by atoms with Crippen molar-refractivity contribution in [1.29, 1.82) is 0 Å². The Balaban J connectivity index is 2.02. The van der Waals surface area contributed by atoms with Gasteiger partial charge in [0.1, 0.15) is 11.6 Å². The molecule has 0 aromatic carbocycles. The molecule has 0 bridgehead atoms. The molecule has 0 spiro atoms. The maximum atomic E-state index is 9.18. The van der Waals surface area contributed by atoms with Gasteiger partial charge in [-0.05, 0) is 12.8 Å². The first-order valence-corrected chi connectivity index (χ1v) is 9.69. The van der Waals surface area contributed by atoms with Gasteiger partial charge in [0.15, 0.2) is 11.5 Å². The molecule has 150 valence electrons. The number of nitrogens with zero attached hydrogens (tertiary/aromatic N) is 5. The number of morpholine rings is 1. The summed E-state index contributed by atoms with van der Waals surface area (Å²) in [5.41, 5.74) is 4.61. The largest absolute Gasteiger partial charge is 0.507 e. The summed E-state index contributed by atoms with van der Waals surface area (Å²) in [5.74, 6) is 1.65. The average molecular weight is 384 g/mol. The van der Waals surface area contributed by atoms with Crippen molar-refractivity contribution in [3.8, 4) is 0 Å². The second kappa shape index (κ2) is 9.36. The number of hydrazone groups is 1. The number of aromatic nitrogens is 3. The van der Waals surface area contributed by atoms with E-state index in [4.69, 9.17) is 9.84 Å². The molecule has 1 aliphatic heterocycles. The zero-order chi connectivity index (χ0) is 19.9. The Hall–Kier alpha value is -2.87. The van der Waals surface area contributed by atoms with E-state index in [1.807, 2.05) is 16.6 Å². The number of aliphatic hydroxyl groups is 1. The number of hydrogen-bond donors (Lipinski definition) is 2. The molecule has 3 heterocycles. The molecular formula is C20H28N6O2. The zero-order valence-corrected chi connectivity index (χ0v) is 16.5. The Kier molecular flexibility index (Phi) is 6.65. The van der Waals surface area contributed by atoms with E-state index in [0.717, 1.165) is 43.1 Å². The minimum Gasteiger partial charge on any atom is -0.507 e. The number of allylic oxidation sites excluding steroid dienone is 3. The predicted molar refractivity (Wildman–Crippen MR) is 112 cm³/mol. The summed E-state index contributed by atoms with van der Waals surface area (Å²) in [4.78, 5) is 6.86. The van der Waals surface area contributed by atoms with Crippen LogP contribution in [0.1, 0.15) is 38.3 Å². The molecule has 0 radical (unpaired) electrons. The van der Waals surface area contributed by atoms with E-state index >= 15 is 0 Å². The molecule has 28 heavy (non-hydrogen) atoms. The molecule has 0 amide bonds. The number of hydrogen-bond acceptors (Lipinski definition) is 7. The lowest BCUT2D eigenvalue weighted by atomic mass is 10.0. The summed E-state index contributed by atoms with van der Waals surface area (Å²) in [6.45, 7) is 10.6. The lowest BCUT2D eigenvalue weighted by Gasteiger charge is -2.29. The maximum Gasteiger partial charge on any atom is 0.160 e. The Morgan fingerprint density at radius 3 is 2.86 bits per heavy atom. The maximum absolute atomic E-state index is 9.18. The van der Waals surface area contributed by atoms with Crippen molar-refractivity contribution in [3.05, 3.63) is 42.3 Å². The molecule has 1 fully saturated rings. The summed E-state index contributed by atoms with van der Waals surface area (Å²) in [6.07, 6.45) is 7.61. The molecule has 2 aromatic rings. The van der Waals surface area contributed by atoms with E-state index in [9.17, 15) is 5.11 Å². The van der Waals surface area contributed by atoms with E-state index < -0.39 is 0 Å². The third-order valence-corrected chi connectivity index (χ3v) is 4.58. The molecule has 2 N–H and O–H groups in total. The van der Waals surface area contributed by atoms with Gasteiger partial charge in [-0.3, -0.25) is 5.43 Å². The van der Waals surface area contributed by atoms with Gasteiger partial charge in [-0.1, -0.05) is 32.6 Å². The number of ether oxygens (including phenoxy) is 1. The minimum atomic E-state index is -0.123. The van der Waals surface area contributed by atoms with E-state index in [1.165, 1.54) is 6.21 Å². The summed E-state index contributed by atoms with van der Waals surface area (Å²) >= 11 is 0. The van der Waals surface area contributed by atoms with E-state index in [1.54, 1.807) is 0 Å². The second-order valence-corrected chi connectivity index (χ2v) is 6.65. The van der Waals surface area contributed by atoms with E-state index in [2.05, 4.69) is 53.0 Å². The van der Waals surface area contributed by atoms with Gasteiger partial charge in [-0.15, -0.1) is 0 Å². The first-order valence-electron chi connectivity index (χ1n) is 9.69. The van der Waals surface area contributed by atoms with Crippen LogP contribution in [0.2, 0.25) is 0 Å². The Morgan fingerprint density at radius 2 is 2.18 bits per heavy atom. The van der Waals surface area contributed by atoms with Gasteiger partial charge in [0.2, 0.25) is 0 Å². The average Bonchev–Trinajstić information content (AvgIpc) is 3.12. The van der Waals surface area contributed by atoms with Crippen molar-refractivity contribution in [2.24, 2.45) is 5.10 Å². The number of aliphatic hydroxyl groups excluding tert-OH is 1. The second-order valence-electron chi connectivity index (χ2n) is 6.65. The summed E-state index contributed by atoms with van der Waals surface area (Å²) in [5, 5.41) is 18.0. The smallest absolute Gasteiger partial charge is 0.160 e. The highest BCUT2D eigenvalue weighted by atomic mass is 16.5. The lowest BCUT2D eigenvalue weighted by Crippen LogP contribution is -2.37. The summed E-state index contributed by atoms with van der Waals surface area (Å²) < 4.78 is 7.38. The SMILES string of the molecule is C=C(O)/C=N/Nc1cc(N2CCOCC2)n2nc([C@H](/C=C\CC)CC)cc2n1. The van der Waals surface area contributed by atoms with E-state index in [-0.39, 0.29) is 11.7 Å². The molecule has 2 aromatic heterocycles. The number of rotatable bonds is 8. The van der Waals surface area contributed by atoms with Gasteiger partial charge in [0, 0.05) is 31.1 Å². The normalized spacial score (nSPS) is 16.3. The predicted octanol–water partition coefficient (Wildman–Crippen LogP) is 3.50. The molecule has 0 saturated carbocycles. The summed E-state index contributed by atoms with van der Waals surface area (Å²) in [6, 6.07) is 3.94. The third kappa shape index (κ3) is 4.69. The van der Waals surface area contributed by atoms with Gasteiger partial charge >= 0.3 is 0 Å². The highest BCUT2D eigenvalue weighted by molar-refractivity contribution is 5.75. The van der Waals surface area contributed by atoms with Crippen molar-refractivity contribution >= 4 is 23.5 Å². The minimum absolute atomic E-state index is 0.123. The molecular weight excluding hydrogens is 356 g/mol. The summed E-state index contributed by atoms with van der Waals surface area (Å²) in [7, 11) is 0. The van der Waals surface area contributed by atoms with Crippen LogP contribution in [0, 0.1) is 0 Å². The van der Waals surface area contributed by atoms with Crippen molar-refractivity contribution in [1.82, 2.24) is 14.6 Å². The molecule has 3 rings (SSSR count). The fourth-order valence-corrected chi connectivity index (χ4v) is 3.15. The fourth-order valence-electron chi connectivity index (χ4n) is 3.15. The van der Waals surface area contributed by atoms with Crippen LogP contribution in [0.5, 0.6) is 0 Å². The Labute approximate surface area is 165 Å². The number of nitrogens with one attached hydrogen (secondary N) is 1. The quantitative estimate of drug-likeness (QED) is 0.313. The first kappa shape index (κ1) is 19.9. The number of fused-ring (bicyclic) bond motifs is 1. The van der Waals surface area contributed by atoms with Crippen LogP contribution in [0.3, 0.4) is 0 Å². The van der Waals surface area contributed by atoms with Gasteiger partial charge in [-0.2, -0.15) is 14.7 Å². The van der Waals surface area contributed by atoms with Crippen LogP contribution in [-0.4, -0.2) is 52.2 Å². The molecule has 0 aliphatic carbocycles. The van der Waals surface area contributed by atoms with Crippen molar-refractivity contribution in [3.63, 3.8) is 0 Å². The van der Waals surface area contributed by atoms with Crippen LogP contribution in [0.4, 0.5) is 11.6 Å². The molecule has 1 aliphatic rings. The van der Waals surface area contributed by atoms with Gasteiger partial charge in [0.25, 0.3) is 0 Å². The molecule has 8 heteroatoms. The van der Waals surface area contributed by atoms with Crippen molar-refractivity contribution in [2.75, 3.05) is 36.6 Å². The van der Waals surface area contributed by atoms with Crippen molar-refractivity contribution in [2.45, 2.75) is 32.6 Å². The first-order chi connectivity index (χ1) is 13.6. The highest BCUT2D eigenvalue weighted by Gasteiger charge is 2.19. The van der Waals surface area contributed by atoms with Crippen LogP contribution in [0.15, 0.2) is 41.7 Å². The third-order valence-electron chi connectivity index (χ3n) is 4.58. The molecule has 1 atom stereocenters. The fraction of sp³-hybridized carbons (Fsp3) is 0.450. The van der Waals surface area contributed by atoms with E-state index in [0.29, 0.717) is 19.0 Å². The van der Waals surface area contributed by atoms with Gasteiger partial charge in [0.05, 0.1) is 25.1 Å². The standard InChI is InChI=1S/C20H28N6O2/c1-4-6-7-16(5-2)17-12-19-22-18(23-21-14-15(3)27)13-20(26(19)24-17)25-8-10-28-11-9-25/h6-7,12-14,16,27H,3-5,8-11H2,1-2H3,(H,22,23)/b7-6-,21-14+/t16-/m0/s1. The zero-order valence-electron chi connectivity index (χ0n) is 16.5. The topological polar surface area (TPSA) is 87.3 Å².